The maximum Gasteiger partial charge on any atom is 0.223 e. The molecule has 9 heteroatoms. The number of aryl methyl sites for hydroxylation is 1. The lowest BCUT2D eigenvalue weighted by Gasteiger charge is -2.26. The van der Waals surface area contributed by atoms with Gasteiger partial charge in [0.15, 0.2) is 0 Å². The summed E-state index contributed by atoms with van der Waals surface area (Å²) < 4.78 is 7.47. The second kappa shape index (κ2) is 9.64. The van der Waals surface area contributed by atoms with E-state index in [4.69, 9.17) is 15.5 Å². The molecule has 9 nitrogen and oxygen atoms in total. The van der Waals surface area contributed by atoms with E-state index in [2.05, 4.69) is 25.6 Å². The van der Waals surface area contributed by atoms with Crippen molar-refractivity contribution in [1.29, 1.82) is 0 Å². The molecule has 1 saturated carbocycles. The van der Waals surface area contributed by atoms with Crippen molar-refractivity contribution in [3.05, 3.63) is 54.6 Å². The normalized spacial score (nSPS) is 18.1. The summed E-state index contributed by atoms with van der Waals surface area (Å²) in [5, 5.41) is 6.90. The Balaban J connectivity index is 1.40. The van der Waals surface area contributed by atoms with Crippen molar-refractivity contribution in [1.82, 2.24) is 24.3 Å². The molecule has 176 valence electrons. The van der Waals surface area contributed by atoms with Gasteiger partial charge in [-0.1, -0.05) is 0 Å². The molecule has 4 aromatic heterocycles. The second-order valence-electron chi connectivity index (χ2n) is 8.71. The molecule has 0 atom stereocenters. The minimum absolute atomic E-state index is 0.312. The number of nitrogens with zero attached hydrogens (tertiary/aromatic N) is 5. The molecule has 0 amide bonds. The van der Waals surface area contributed by atoms with Crippen LogP contribution < -0.4 is 21.1 Å². The van der Waals surface area contributed by atoms with Crippen LogP contribution in [0.1, 0.15) is 38.2 Å². The number of anilines is 3. The van der Waals surface area contributed by atoms with Gasteiger partial charge in [-0.2, -0.15) is 0 Å². The van der Waals surface area contributed by atoms with Crippen molar-refractivity contribution >= 4 is 23.0 Å². The number of fused-ring (bicyclic) bond motifs is 1. The molecular formula is C25H30N8O. The van der Waals surface area contributed by atoms with Gasteiger partial charge in [-0.05, 0) is 63.3 Å². The van der Waals surface area contributed by atoms with Crippen molar-refractivity contribution in [2.24, 2.45) is 5.73 Å². The van der Waals surface area contributed by atoms with Crippen LogP contribution in [-0.4, -0.2) is 43.0 Å². The summed E-state index contributed by atoms with van der Waals surface area (Å²) in [6, 6.07) is 8.45. The van der Waals surface area contributed by atoms with Crippen molar-refractivity contribution in [2.75, 3.05) is 17.2 Å². The predicted octanol–water partition coefficient (Wildman–Crippen LogP) is 4.32. The van der Waals surface area contributed by atoms with Gasteiger partial charge in [0.1, 0.15) is 5.65 Å². The standard InChI is InChI=1S/C25H30N8O/c1-3-34-23-11-9-19(13-28-23)30-20-8-10-22-27-14-21(33(22)15-20)24-16(2)12-29-25(32-24)31-18-6-4-17(26)5-7-18/h8-15,17-18,30H,3-7,26H2,1-2H3,(H,29,31,32). The lowest BCUT2D eigenvalue weighted by molar-refractivity contribution is 0.327. The van der Waals surface area contributed by atoms with Crippen LogP contribution in [0.2, 0.25) is 0 Å². The number of imidazole rings is 1. The van der Waals surface area contributed by atoms with E-state index in [-0.39, 0.29) is 0 Å². The molecule has 4 N–H and O–H groups in total. The fraction of sp³-hybridized carbons (Fsp3) is 0.360. The number of aromatic nitrogens is 5. The van der Waals surface area contributed by atoms with E-state index in [9.17, 15) is 0 Å². The van der Waals surface area contributed by atoms with Gasteiger partial charge in [0.25, 0.3) is 0 Å². The molecule has 0 radical (unpaired) electrons. The minimum atomic E-state index is 0.312. The van der Waals surface area contributed by atoms with Gasteiger partial charge >= 0.3 is 0 Å². The summed E-state index contributed by atoms with van der Waals surface area (Å²) in [7, 11) is 0. The predicted molar refractivity (Wildman–Crippen MR) is 133 cm³/mol. The number of ether oxygens (including phenoxy) is 1. The molecule has 0 aromatic carbocycles. The van der Waals surface area contributed by atoms with Crippen molar-refractivity contribution in [2.45, 2.75) is 51.6 Å². The Morgan fingerprint density at radius 3 is 2.59 bits per heavy atom. The van der Waals surface area contributed by atoms with Gasteiger partial charge in [0.05, 0.1) is 41.8 Å². The number of rotatable bonds is 7. The summed E-state index contributed by atoms with van der Waals surface area (Å²) >= 11 is 0. The Labute approximate surface area is 198 Å². The van der Waals surface area contributed by atoms with E-state index in [0.717, 1.165) is 59.7 Å². The summed E-state index contributed by atoms with van der Waals surface area (Å²) in [4.78, 5) is 18.3. The monoisotopic (exact) mass is 458 g/mol. The van der Waals surface area contributed by atoms with Crippen LogP contribution in [0.3, 0.4) is 0 Å². The summed E-state index contributed by atoms with van der Waals surface area (Å²) in [5.41, 5.74) is 11.5. The molecule has 4 aromatic rings. The fourth-order valence-electron chi connectivity index (χ4n) is 4.30. The quantitative estimate of drug-likeness (QED) is 0.375. The van der Waals surface area contributed by atoms with Gasteiger partial charge in [-0.3, -0.25) is 4.40 Å². The molecule has 5 rings (SSSR count). The molecule has 0 bridgehead atoms. The van der Waals surface area contributed by atoms with Gasteiger partial charge in [-0.25, -0.2) is 19.9 Å². The Morgan fingerprint density at radius 1 is 1.00 bits per heavy atom. The number of hydrogen-bond acceptors (Lipinski definition) is 8. The summed E-state index contributed by atoms with van der Waals surface area (Å²) in [6.45, 7) is 4.55. The van der Waals surface area contributed by atoms with Crippen molar-refractivity contribution < 1.29 is 4.74 Å². The first-order valence-electron chi connectivity index (χ1n) is 11.8. The Kier molecular flexibility index (Phi) is 6.27. The number of hydrogen-bond donors (Lipinski definition) is 3. The van der Waals surface area contributed by atoms with E-state index < -0.39 is 0 Å². The van der Waals surface area contributed by atoms with Crippen LogP contribution in [0.4, 0.5) is 17.3 Å². The van der Waals surface area contributed by atoms with Gasteiger partial charge in [0.2, 0.25) is 11.8 Å². The average molecular weight is 459 g/mol. The smallest absolute Gasteiger partial charge is 0.223 e. The molecule has 34 heavy (non-hydrogen) atoms. The minimum Gasteiger partial charge on any atom is -0.478 e. The highest BCUT2D eigenvalue weighted by Gasteiger charge is 2.20. The molecule has 0 unspecified atom stereocenters. The van der Waals surface area contributed by atoms with Crippen LogP contribution in [0, 0.1) is 6.92 Å². The Morgan fingerprint density at radius 2 is 1.82 bits per heavy atom. The third kappa shape index (κ3) is 4.79. The SMILES string of the molecule is CCOc1ccc(Nc2ccc3ncc(-c4nc(NC5CCC(N)CC5)ncc4C)n3c2)cn1. The topological polar surface area (TPSA) is 115 Å². The lowest BCUT2D eigenvalue weighted by Crippen LogP contribution is -2.33. The first-order valence-corrected chi connectivity index (χ1v) is 11.8. The lowest BCUT2D eigenvalue weighted by atomic mass is 9.92. The maximum atomic E-state index is 6.05. The zero-order valence-electron chi connectivity index (χ0n) is 19.5. The first-order chi connectivity index (χ1) is 16.6. The van der Waals surface area contributed by atoms with Crippen LogP contribution in [-0.2, 0) is 0 Å². The fourth-order valence-corrected chi connectivity index (χ4v) is 4.30. The van der Waals surface area contributed by atoms with Crippen LogP contribution in [0.15, 0.2) is 49.1 Å². The van der Waals surface area contributed by atoms with Gasteiger partial charge in [-0.15, -0.1) is 0 Å². The third-order valence-corrected chi connectivity index (χ3v) is 6.14. The van der Waals surface area contributed by atoms with Crippen molar-refractivity contribution in [3.8, 4) is 17.3 Å². The molecule has 0 spiro atoms. The first kappa shape index (κ1) is 22.1. The van der Waals surface area contributed by atoms with E-state index in [1.807, 2.05) is 61.1 Å². The van der Waals surface area contributed by atoms with Crippen LogP contribution in [0.5, 0.6) is 5.88 Å². The molecule has 0 saturated heterocycles. The molecule has 1 fully saturated rings. The van der Waals surface area contributed by atoms with E-state index >= 15 is 0 Å². The number of nitrogens with two attached hydrogens (primary N) is 1. The van der Waals surface area contributed by atoms with Gasteiger partial charge in [0, 0.05) is 30.5 Å². The molecular weight excluding hydrogens is 428 g/mol. The highest BCUT2D eigenvalue weighted by atomic mass is 16.5. The number of pyridine rings is 2. The zero-order chi connectivity index (χ0) is 23.5. The van der Waals surface area contributed by atoms with E-state index in [1.165, 1.54) is 0 Å². The van der Waals surface area contributed by atoms with Crippen molar-refractivity contribution in [3.63, 3.8) is 0 Å². The summed E-state index contributed by atoms with van der Waals surface area (Å²) in [5.74, 6) is 1.26. The highest BCUT2D eigenvalue weighted by Crippen LogP contribution is 2.27. The molecule has 1 aliphatic carbocycles. The number of nitrogens with one attached hydrogen (secondary N) is 2. The second-order valence-corrected chi connectivity index (χ2v) is 8.71. The highest BCUT2D eigenvalue weighted by molar-refractivity contribution is 5.67. The van der Waals surface area contributed by atoms with Crippen LogP contribution in [0.25, 0.3) is 17.0 Å². The average Bonchev–Trinajstić information content (AvgIpc) is 3.26. The Hall–Kier alpha value is -3.72. The third-order valence-electron chi connectivity index (χ3n) is 6.14. The van der Waals surface area contributed by atoms with Gasteiger partial charge < -0.3 is 21.1 Å². The molecule has 4 heterocycles. The van der Waals surface area contributed by atoms with Crippen LogP contribution >= 0.6 is 0 Å². The largest absolute Gasteiger partial charge is 0.478 e. The molecule has 1 aliphatic rings. The summed E-state index contributed by atoms with van der Waals surface area (Å²) in [6.07, 6.45) is 11.6. The maximum absolute atomic E-state index is 6.05. The van der Waals surface area contributed by atoms with E-state index in [1.54, 1.807) is 6.20 Å². The van der Waals surface area contributed by atoms with E-state index in [0.29, 0.717) is 30.5 Å². The Bertz CT molecular complexity index is 1260. The zero-order valence-corrected chi connectivity index (χ0v) is 19.5. The molecule has 0 aliphatic heterocycles.